The number of nitrogens with zero attached hydrogens (tertiary/aromatic N) is 1. The van der Waals surface area contributed by atoms with Gasteiger partial charge in [-0.05, 0) is 12.8 Å². The first-order chi connectivity index (χ1) is 9.06. The molecule has 0 saturated carbocycles. The second-order valence-electron chi connectivity index (χ2n) is 4.37. The number of amides is 2. The van der Waals surface area contributed by atoms with Crippen molar-refractivity contribution in [1.82, 2.24) is 5.06 Å². The summed E-state index contributed by atoms with van der Waals surface area (Å²) in [5, 5.41) is 9.10. The van der Waals surface area contributed by atoms with Crippen molar-refractivity contribution in [2.75, 3.05) is 19.8 Å². The van der Waals surface area contributed by atoms with Crippen molar-refractivity contribution in [2.45, 2.75) is 54.9 Å². The Hall–Kier alpha value is -1.47. The van der Waals surface area contributed by atoms with Crippen LogP contribution in [0.2, 0.25) is 0 Å². The minimum Gasteiger partial charge on any atom is -0.396 e. The van der Waals surface area contributed by atoms with Crippen LogP contribution < -0.4 is 0 Å². The summed E-state index contributed by atoms with van der Waals surface area (Å²) in [6, 6.07) is 0. The molecule has 7 heteroatoms. The number of aliphatic hydroxyl groups is 1. The van der Waals surface area contributed by atoms with Crippen molar-refractivity contribution in [1.29, 1.82) is 0 Å². The SMILES string of the molecule is C.C.C.CC(CCOCCCO)C(=O)ON1C(=O)CCC1=O. The lowest BCUT2D eigenvalue weighted by atomic mass is 10.1. The van der Waals surface area contributed by atoms with Gasteiger partial charge < -0.3 is 14.7 Å². The van der Waals surface area contributed by atoms with Crippen molar-refractivity contribution in [3.8, 4) is 0 Å². The average Bonchev–Trinajstić information content (AvgIpc) is 2.70. The minimum atomic E-state index is -0.616. The van der Waals surface area contributed by atoms with E-state index < -0.39 is 23.7 Å². The van der Waals surface area contributed by atoms with E-state index in [2.05, 4.69) is 0 Å². The zero-order valence-corrected chi connectivity index (χ0v) is 11.0. The predicted molar refractivity (Wildman–Crippen MR) is 83.7 cm³/mol. The molecule has 1 saturated heterocycles. The third-order valence-electron chi connectivity index (χ3n) is 2.73. The van der Waals surface area contributed by atoms with E-state index in [-0.39, 0.29) is 41.7 Å². The molecule has 0 aromatic heterocycles. The molecule has 7 nitrogen and oxygen atoms in total. The van der Waals surface area contributed by atoms with Gasteiger partial charge in [-0.15, -0.1) is 5.06 Å². The third-order valence-corrected chi connectivity index (χ3v) is 2.73. The number of aliphatic hydroxyl groups excluding tert-OH is 1. The minimum absolute atomic E-state index is 0. The monoisotopic (exact) mass is 321 g/mol. The molecule has 0 aromatic carbocycles. The molecular formula is C15H31NO6. The van der Waals surface area contributed by atoms with Gasteiger partial charge in [0.1, 0.15) is 0 Å². The smallest absolute Gasteiger partial charge is 0.336 e. The number of rotatable bonds is 8. The van der Waals surface area contributed by atoms with E-state index in [4.69, 9.17) is 14.7 Å². The lowest BCUT2D eigenvalue weighted by molar-refractivity contribution is -0.200. The van der Waals surface area contributed by atoms with Crippen LogP contribution in [0.3, 0.4) is 0 Å². The van der Waals surface area contributed by atoms with Gasteiger partial charge in [-0.2, -0.15) is 0 Å². The first kappa shape index (κ1) is 25.5. The number of imide groups is 1. The number of hydroxylamine groups is 2. The highest BCUT2D eigenvalue weighted by Gasteiger charge is 2.33. The van der Waals surface area contributed by atoms with Gasteiger partial charge in [0, 0.05) is 32.7 Å². The zero-order valence-electron chi connectivity index (χ0n) is 11.0. The number of hydrogen-bond donors (Lipinski definition) is 1. The fourth-order valence-electron chi connectivity index (χ4n) is 1.48. The number of ether oxygens (including phenoxy) is 1. The van der Waals surface area contributed by atoms with Gasteiger partial charge in [0.15, 0.2) is 0 Å². The van der Waals surface area contributed by atoms with E-state index in [0.29, 0.717) is 31.1 Å². The molecule has 0 spiro atoms. The Bertz CT molecular complexity index is 329. The van der Waals surface area contributed by atoms with Crippen LogP contribution in [0, 0.1) is 5.92 Å². The fourth-order valence-corrected chi connectivity index (χ4v) is 1.48. The number of carbonyl (C=O) groups excluding carboxylic acids is 3. The van der Waals surface area contributed by atoms with Crippen molar-refractivity contribution in [2.24, 2.45) is 5.92 Å². The highest BCUT2D eigenvalue weighted by Crippen LogP contribution is 2.14. The van der Waals surface area contributed by atoms with Gasteiger partial charge >= 0.3 is 5.97 Å². The molecule has 1 N–H and O–H groups in total. The maximum absolute atomic E-state index is 11.6. The molecule has 0 radical (unpaired) electrons. The fraction of sp³-hybridized carbons (Fsp3) is 0.800. The van der Waals surface area contributed by atoms with E-state index >= 15 is 0 Å². The van der Waals surface area contributed by atoms with Crippen LogP contribution >= 0.6 is 0 Å². The summed E-state index contributed by atoms with van der Waals surface area (Å²) in [7, 11) is 0. The van der Waals surface area contributed by atoms with Crippen LogP contribution in [-0.4, -0.2) is 47.8 Å². The zero-order chi connectivity index (χ0) is 14.3. The molecule has 1 unspecified atom stereocenters. The van der Waals surface area contributed by atoms with Crippen molar-refractivity contribution >= 4 is 17.8 Å². The van der Waals surface area contributed by atoms with Gasteiger partial charge in [0.2, 0.25) is 0 Å². The molecule has 132 valence electrons. The summed E-state index contributed by atoms with van der Waals surface area (Å²) in [6.07, 6.45) is 1.16. The molecule has 1 heterocycles. The Morgan fingerprint density at radius 2 is 1.73 bits per heavy atom. The normalized spacial score (nSPS) is 14.5. The van der Waals surface area contributed by atoms with Crippen molar-refractivity contribution in [3.63, 3.8) is 0 Å². The van der Waals surface area contributed by atoms with Crippen molar-refractivity contribution < 1.29 is 29.1 Å². The van der Waals surface area contributed by atoms with E-state index in [9.17, 15) is 14.4 Å². The number of hydrogen-bond acceptors (Lipinski definition) is 6. The van der Waals surface area contributed by atoms with Gasteiger partial charge in [-0.1, -0.05) is 29.2 Å². The van der Waals surface area contributed by atoms with E-state index in [0.717, 1.165) is 0 Å². The molecule has 0 bridgehead atoms. The molecule has 1 aliphatic rings. The summed E-state index contributed by atoms with van der Waals surface area (Å²) < 4.78 is 5.19. The quantitative estimate of drug-likeness (QED) is 0.542. The summed E-state index contributed by atoms with van der Waals surface area (Å²) >= 11 is 0. The van der Waals surface area contributed by atoms with Crippen LogP contribution in [0.25, 0.3) is 0 Å². The Morgan fingerprint density at radius 1 is 1.18 bits per heavy atom. The summed E-state index contributed by atoms with van der Waals surface area (Å²) in [4.78, 5) is 38.9. The molecule has 22 heavy (non-hydrogen) atoms. The van der Waals surface area contributed by atoms with Gasteiger partial charge in [0.05, 0.1) is 5.92 Å². The average molecular weight is 321 g/mol. The summed E-state index contributed by atoms with van der Waals surface area (Å²) in [5.41, 5.74) is 0. The van der Waals surface area contributed by atoms with Crippen LogP contribution in [0.15, 0.2) is 0 Å². The molecule has 1 atom stereocenters. The summed E-state index contributed by atoms with van der Waals surface area (Å²) in [6.45, 7) is 2.50. The van der Waals surface area contributed by atoms with Crippen molar-refractivity contribution in [3.05, 3.63) is 0 Å². The van der Waals surface area contributed by atoms with Crippen LogP contribution in [-0.2, 0) is 24.0 Å². The van der Waals surface area contributed by atoms with Gasteiger partial charge in [0.25, 0.3) is 11.8 Å². The Labute approximate surface area is 133 Å². The highest BCUT2D eigenvalue weighted by atomic mass is 16.7. The van der Waals surface area contributed by atoms with Crippen LogP contribution in [0.5, 0.6) is 0 Å². The largest absolute Gasteiger partial charge is 0.396 e. The lowest BCUT2D eigenvalue weighted by Gasteiger charge is -2.16. The second kappa shape index (κ2) is 13.2. The molecular weight excluding hydrogens is 290 g/mol. The maximum Gasteiger partial charge on any atom is 0.336 e. The highest BCUT2D eigenvalue weighted by molar-refractivity contribution is 6.01. The van der Waals surface area contributed by atoms with E-state index in [1.54, 1.807) is 6.92 Å². The molecule has 0 aromatic rings. The summed E-state index contributed by atoms with van der Waals surface area (Å²) in [5.74, 6) is -2.04. The topological polar surface area (TPSA) is 93.1 Å². The Morgan fingerprint density at radius 3 is 2.23 bits per heavy atom. The van der Waals surface area contributed by atoms with Crippen LogP contribution in [0.1, 0.15) is 54.9 Å². The number of carbonyl (C=O) groups is 3. The molecule has 2 amide bonds. The van der Waals surface area contributed by atoms with Gasteiger partial charge in [-0.3, -0.25) is 9.59 Å². The Balaban J connectivity index is -0.00000120. The Kier molecular flexibility index (Phi) is 15.3. The molecule has 0 aliphatic carbocycles. The first-order valence-corrected chi connectivity index (χ1v) is 6.32. The molecule has 1 aliphatic heterocycles. The maximum atomic E-state index is 11.6. The molecule has 1 fully saturated rings. The third kappa shape index (κ3) is 8.09. The predicted octanol–water partition coefficient (Wildman–Crippen LogP) is 1.93. The lowest BCUT2D eigenvalue weighted by Crippen LogP contribution is -2.34. The van der Waals surface area contributed by atoms with Gasteiger partial charge in [-0.25, -0.2) is 4.79 Å². The second-order valence-corrected chi connectivity index (χ2v) is 4.37. The van der Waals surface area contributed by atoms with E-state index in [1.807, 2.05) is 0 Å². The van der Waals surface area contributed by atoms with E-state index in [1.165, 1.54) is 0 Å². The molecule has 1 rings (SSSR count). The first-order valence-electron chi connectivity index (χ1n) is 6.32. The standard InChI is InChI=1S/C12H19NO6.3CH4/c1-9(5-8-18-7-2-6-14)12(17)19-13-10(15)3-4-11(13)16;;;/h9,14H,2-8H2,1H3;3*1H4. The van der Waals surface area contributed by atoms with Crippen LogP contribution in [0.4, 0.5) is 0 Å².